The van der Waals surface area contributed by atoms with Crippen molar-refractivity contribution in [2.45, 2.75) is 46.6 Å². The molecule has 138 valence electrons. The predicted molar refractivity (Wildman–Crippen MR) is 98.8 cm³/mol. The second-order valence-corrected chi connectivity index (χ2v) is 7.46. The van der Waals surface area contributed by atoms with Gasteiger partial charge in [0.05, 0.1) is 11.5 Å². The molecule has 0 radical (unpaired) electrons. The molecule has 0 saturated carbocycles. The molecule has 0 bridgehead atoms. The van der Waals surface area contributed by atoms with Gasteiger partial charge in [-0.15, -0.1) is 0 Å². The number of carbonyl (C=O) groups is 1. The van der Waals surface area contributed by atoms with Gasteiger partial charge in [0.15, 0.2) is 0 Å². The van der Waals surface area contributed by atoms with E-state index in [2.05, 4.69) is 25.4 Å². The van der Waals surface area contributed by atoms with E-state index in [0.717, 1.165) is 24.3 Å². The van der Waals surface area contributed by atoms with E-state index in [-0.39, 0.29) is 18.1 Å². The van der Waals surface area contributed by atoms with Crippen molar-refractivity contribution in [3.63, 3.8) is 0 Å². The number of amides is 1. The molecule has 2 atom stereocenters. The lowest BCUT2D eigenvalue weighted by Crippen LogP contribution is -2.34. The van der Waals surface area contributed by atoms with E-state index >= 15 is 0 Å². The van der Waals surface area contributed by atoms with Crippen LogP contribution in [0.4, 0.5) is 4.79 Å². The van der Waals surface area contributed by atoms with Crippen LogP contribution in [0.3, 0.4) is 0 Å². The highest BCUT2D eigenvalue weighted by atomic mass is 35.5. The lowest BCUT2D eigenvalue weighted by Gasteiger charge is -2.27. The van der Waals surface area contributed by atoms with E-state index in [9.17, 15) is 4.79 Å². The van der Waals surface area contributed by atoms with Crippen LogP contribution < -0.4 is 4.74 Å². The van der Waals surface area contributed by atoms with E-state index in [1.54, 1.807) is 17.9 Å². The summed E-state index contributed by atoms with van der Waals surface area (Å²) in [7, 11) is 0. The first kappa shape index (κ1) is 19.6. The summed E-state index contributed by atoms with van der Waals surface area (Å²) in [6, 6.07) is 3.60. The SMILES string of the molecule is C=C(C)OC(=O)N1CCC(C(CC(C)C)Oc2ccc(Cl)nc2C)C1. The molecule has 6 heteroatoms. The van der Waals surface area contributed by atoms with Crippen LogP contribution in [0, 0.1) is 18.8 Å². The number of carbonyl (C=O) groups excluding carboxylic acids is 1. The Morgan fingerprint density at radius 2 is 2.20 bits per heavy atom. The molecule has 1 saturated heterocycles. The maximum atomic E-state index is 12.1. The number of rotatable bonds is 6. The summed E-state index contributed by atoms with van der Waals surface area (Å²) in [5.74, 6) is 1.90. The molecule has 0 aromatic carbocycles. The highest BCUT2D eigenvalue weighted by Crippen LogP contribution is 2.30. The summed E-state index contributed by atoms with van der Waals surface area (Å²) < 4.78 is 11.4. The predicted octanol–water partition coefficient (Wildman–Crippen LogP) is 4.83. The first-order chi connectivity index (χ1) is 11.8. The second-order valence-electron chi connectivity index (χ2n) is 7.07. The number of aryl methyl sites for hydroxylation is 1. The summed E-state index contributed by atoms with van der Waals surface area (Å²) in [5, 5.41) is 0.458. The van der Waals surface area contributed by atoms with Crippen molar-refractivity contribution in [3.8, 4) is 5.75 Å². The van der Waals surface area contributed by atoms with Gasteiger partial charge in [-0.2, -0.15) is 0 Å². The number of aromatic nitrogens is 1. The van der Waals surface area contributed by atoms with Gasteiger partial charge >= 0.3 is 6.09 Å². The Morgan fingerprint density at radius 1 is 1.48 bits per heavy atom. The van der Waals surface area contributed by atoms with Crippen molar-refractivity contribution in [1.29, 1.82) is 0 Å². The highest BCUT2D eigenvalue weighted by molar-refractivity contribution is 6.29. The third-order valence-corrected chi connectivity index (χ3v) is 4.47. The molecule has 25 heavy (non-hydrogen) atoms. The molecule has 5 nitrogen and oxygen atoms in total. The van der Waals surface area contributed by atoms with Crippen molar-refractivity contribution in [1.82, 2.24) is 9.88 Å². The Kier molecular flexibility index (Phi) is 6.71. The Morgan fingerprint density at radius 3 is 2.80 bits per heavy atom. The molecule has 2 heterocycles. The highest BCUT2D eigenvalue weighted by Gasteiger charge is 2.34. The van der Waals surface area contributed by atoms with Crippen molar-refractivity contribution < 1.29 is 14.3 Å². The number of pyridine rings is 1. The molecule has 1 aliphatic heterocycles. The van der Waals surface area contributed by atoms with E-state index in [4.69, 9.17) is 21.1 Å². The summed E-state index contributed by atoms with van der Waals surface area (Å²) in [5.41, 5.74) is 0.776. The smallest absolute Gasteiger partial charge is 0.414 e. The van der Waals surface area contributed by atoms with Crippen LogP contribution >= 0.6 is 11.6 Å². The van der Waals surface area contributed by atoms with E-state index in [1.807, 2.05) is 13.0 Å². The molecule has 2 rings (SSSR count). The lowest BCUT2D eigenvalue weighted by atomic mass is 9.93. The molecule has 1 aliphatic rings. The molecule has 1 amide bonds. The van der Waals surface area contributed by atoms with E-state index in [1.165, 1.54) is 0 Å². The molecule has 0 aliphatic carbocycles. The zero-order chi connectivity index (χ0) is 18.6. The summed E-state index contributed by atoms with van der Waals surface area (Å²) in [6.07, 6.45) is 1.49. The van der Waals surface area contributed by atoms with Crippen LogP contribution in [-0.4, -0.2) is 35.2 Å². The fourth-order valence-corrected chi connectivity index (χ4v) is 3.27. The topological polar surface area (TPSA) is 51.7 Å². The third kappa shape index (κ3) is 5.63. The van der Waals surface area contributed by atoms with Crippen molar-refractivity contribution >= 4 is 17.7 Å². The Balaban J connectivity index is 2.07. The number of allylic oxidation sites excluding steroid dienone is 1. The van der Waals surface area contributed by atoms with Gasteiger partial charge in [0, 0.05) is 19.0 Å². The van der Waals surface area contributed by atoms with Gasteiger partial charge in [0.25, 0.3) is 0 Å². The minimum Gasteiger partial charge on any atom is -0.488 e. The number of hydrogen-bond donors (Lipinski definition) is 0. The van der Waals surface area contributed by atoms with Gasteiger partial charge in [-0.25, -0.2) is 9.78 Å². The normalized spacial score (nSPS) is 18.3. The standard InChI is InChI=1S/C19H27ClN2O3/c1-12(2)10-17(25-16-6-7-18(20)21-14(16)5)15-8-9-22(11-15)19(23)24-13(3)4/h6-7,12,15,17H,3,8-11H2,1-2,4-5H3. The minimum absolute atomic E-state index is 0.0179. The molecule has 0 N–H and O–H groups in total. The molecule has 2 unspecified atom stereocenters. The number of halogens is 1. The number of ether oxygens (including phenoxy) is 2. The van der Waals surface area contributed by atoms with Gasteiger partial charge in [-0.1, -0.05) is 32.0 Å². The summed E-state index contributed by atoms with van der Waals surface area (Å²) >= 11 is 5.93. The van der Waals surface area contributed by atoms with Crippen LogP contribution in [0.1, 0.15) is 39.3 Å². The molecule has 0 spiro atoms. The first-order valence-corrected chi connectivity index (χ1v) is 9.06. The Hall–Kier alpha value is -1.75. The van der Waals surface area contributed by atoms with Crippen LogP contribution in [0.2, 0.25) is 5.15 Å². The van der Waals surface area contributed by atoms with Crippen LogP contribution in [0.25, 0.3) is 0 Å². The van der Waals surface area contributed by atoms with Crippen molar-refractivity contribution in [3.05, 3.63) is 35.3 Å². The van der Waals surface area contributed by atoms with Crippen molar-refractivity contribution in [2.24, 2.45) is 11.8 Å². The Labute approximate surface area is 155 Å². The van der Waals surface area contributed by atoms with Gasteiger partial charge in [-0.3, -0.25) is 0 Å². The molecular formula is C19H27ClN2O3. The van der Waals surface area contributed by atoms with Crippen LogP contribution in [-0.2, 0) is 4.74 Å². The van der Waals surface area contributed by atoms with Gasteiger partial charge in [0.2, 0.25) is 0 Å². The van der Waals surface area contributed by atoms with E-state index < -0.39 is 0 Å². The molecular weight excluding hydrogens is 340 g/mol. The average molecular weight is 367 g/mol. The largest absolute Gasteiger partial charge is 0.488 e. The quantitative estimate of drug-likeness (QED) is 0.534. The lowest BCUT2D eigenvalue weighted by molar-refractivity contribution is 0.105. The van der Waals surface area contributed by atoms with Gasteiger partial charge in [0.1, 0.15) is 17.0 Å². The summed E-state index contributed by atoms with van der Waals surface area (Å²) in [6.45, 7) is 12.8. The average Bonchev–Trinajstić information content (AvgIpc) is 2.98. The van der Waals surface area contributed by atoms with Crippen LogP contribution in [0.5, 0.6) is 5.75 Å². The van der Waals surface area contributed by atoms with E-state index in [0.29, 0.717) is 29.9 Å². The Bertz CT molecular complexity index is 633. The maximum Gasteiger partial charge on any atom is 0.414 e. The van der Waals surface area contributed by atoms with Crippen LogP contribution in [0.15, 0.2) is 24.5 Å². The number of nitrogens with zero attached hydrogens (tertiary/aromatic N) is 2. The minimum atomic E-state index is -0.331. The third-order valence-electron chi connectivity index (χ3n) is 4.26. The number of likely N-dealkylation sites (tertiary alicyclic amines) is 1. The maximum absolute atomic E-state index is 12.1. The molecule has 1 fully saturated rings. The fraction of sp³-hybridized carbons (Fsp3) is 0.579. The molecule has 1 aromatic heterocycles. The molecule has 1 aromatic rings. The van der Waals surface area contributed by atoms with Crippen molar-refractivity contribution in [2.75, 3.05) is 13.1 Å². The first-order valence-electron chi connectivity index (χ1n) is 8.68. The monoisotopic (exact) mass is 366 g/mol. The number of hydrogen-bond acceptors (Lipinski definition) is 4. The summed E-state index contributed by atoms with van der Waals surface area (Å²) in [4.78, 5) is 18.1. The fourth-order valence-electron chi connectivity index (χ4n) is 3.08. The zero-order valence-corrected chi connectivity index (χ0v) is 16.2. The van der Waals surface area contributed by atoms with Gasteiger partial charge < -0.3 is 14.4 Å². The van der Waals surface area contributed by atoms with Gasteiger partial charge in [-0.05, 0) is 44.7 Å². The zero-order valence-electron chi connectivity index (χ0n) is 15.4. The second kappa shape index (κ2) is 8.56.